The fourth-order valence-electron chi connectivity index (χ4n) is 4.85. The molecule has 0 saturated carbocycles. The number of hydrogen-bond donors (Lipinski definition) is 0. The molecule has 14 heteroatoms. The lowest BCUT2D eigenvalue weighted by atomic mass is 10.6. The van der Waals surface area contributed by atoms with Crippen molar-refractivity contribution >= 4 is 71.0 Å². The molecule has 0 aliphatic heterocycles. The molecule has 0 aromatic carbocycles. The Morgan fingerprint density at radius 1 is 0.500 bits per heavy atom. The molecule has 0 heterocycles. The van der Waals surface area contributed by atoms with E-state index in [0.29, 0.717) is 18.3 Å². The highest BCUT2D eigenvalue weighted by molar-refractivity contribution is 6.93. The molecule has 0 aromatic heterocycles. The van der Waals surface area contributed by atoms with Gasteiger partial charge in [-0.15, -0.1) is 31.3 Å². The van der Waals surface area contributed by atoms with Gasteiger partial charge in [0.25, 0.3) is 0 Å². The molecule has 0 unspecified atom stereocenters. The minimum Gasteiger partial charge on any atom is -0.436 e. The summed E-state index contributed by atoms with van der Waals surface area (Å²) in [6, 6.07) is 3.13. The topological polar surface area (TPSA) is 55.4 Å². The highest BCUT2D eigenvalue weighted by Crippen LogP contribution is 2.35. The monoisotopic (exact) mass is 672 g/mol. The van der Waals surface area contributed by atoms with Crippen molar-refractivity contribution in [3.8, 4) is 0 Å². The van der Waals surface area contributed by atoms with Crippen LogP contribution in [0.4, 0.5) is 0 Å². The normalized spacial score (nSPS) is 14.4. The number of hydrogen-bond acceptors (Lipinski definition) is 6. The third kappa shape index (κ3) is 16.3. The van der Waals surface area contributed by atoms with E-state index in [9.17, 15) is 0 Å². The van der Waals surface area contributed by atoms with E-state index in [1.165, 1.54) is 0 Å². The summed E-state index contributed by atoms with van der Waals surface area (Å²) in [5.74, 6) is 0.490. The second kappa shape index (κ2) is 15.3. The van der Waals surface area contributed by atoms with Crippen LogP contribution in [0, 0.1) is 0 Å². The van der Waals surface area contributed by atoms with Crippen LogP contribution in [0.2, 0.25) is 103 Å². The van der Waals surface area contributed by atoms with Gasteiger partial charge in [0, 0.05) is 11.9 Å². The number of halogens is 1. The van der Waals surface area contributed by atoms with E-state index < -0.39 is 59.4 Å². The average Bonchev–Trinajstić information content (AvgIpc) is 2.61. The van der Waals surface area contributed by atoms with E-state index in [4.69, 9.17) is 36.3 Å². The molecule has 224 valence electrons. The number of alkyl halides is 1. The predicted octanol–water partition coefficient (Wildman–Crippen LogP) is 8.93. The maximum absolute atomic E-state index is 7.08. The number of allylic oxidation sites excluding steroid dienone is 3. The molecule has 6 nitrogen and oxygen atoms in total. The van der Waals surface area contributed by atoms with Gasteiger partial charge in [-0.1, -0.05) is 18.2 Å². The SMILES string of the molecule is C=CC[Si](C)(C)O[Si](C)(C)O[Si](CCCCl)(O[Si](C)(C)O[Si](C)(C)CC=C)O[Si](C)(C)O[Si](C)(C)CC=C. The van der Waals surface area contributed by atoms with Gasteiger partial charge in [0.15, 0.2) is 25.0 Å². The molecule has 0 aromatic rings. The smallest absolute Gasteiger partial charge is 0.436 e. The lowest BCUT2D eigenvalue weighted by molar-refractivity contribution is 0.190. The van der Waals surface area contributed by atoms with Crippen molar-refractivity contribution in [2.45, 2.75) is 109 Å². The van der Waals surface area contributed by atoms with Gasteiger partial charge in [-0.05, 0) is 103 Å². The summed E-state index contributed by atoms with van der Waals surface area (Å²) in [6.07, 6.45) is 6.53. The standard InChI is InChI=1S/C24H57ClO6Si7/c1-16-21-32(4,5)26-35(10,11)29-38(24-19-20-25,30-36(12,13)27-33(6,7)22-17-2)31-37(14,15)28-34(8,9)23-18-3/h16-18H,1-3,19-24H2,4-15H3. The predicted molar refractivity (Wildman–Crippen MR) is 182 cm³/mol. The first-order chi connectivity index (χ1) is 17.0. The van der Waals surface area contributed by atoms with Crippen LogP contribution in [-0.4, -0.2) is 65.3 Å². The molecule has 0 spiro atoms. The van der Waals surface area contributed by atoms with E-state index in [0.717, 1.165) is 18.1 Å². The van der Waals surface area contributed by atoms with Gasteiger partial charge in [-0.3, -0.25) is 0 Å². The minimum atomic E-state index is -3.38. The van der Waals surface area contributed by atoms with E-state index >= 15 is 0 Å². The molecule has 0 amide bonds. The van der Waals surface area contributed by atoms with Gasteiger partial charge in [0.2, 0.25) is 0 Å². The Hall–Kier alpha value is 0.788. The van der Waals surface area contributed by atoms with Crippen LogP contribution in [0.3, 0.4) is 0 Å². The molecule has 0 aliphatic rings. The Morgan fingerprint density at radius 3 is 0.974 bits per heavy atom. The fraction of sp³-hybridized carbons (Fsp3) is 0.750. The van der Waals surface area contributed by atoms with E-state index in [1.807, 2.05) is 18.2 Å². The quantitative estimate of drug-likeness (QED) is 0.0689. The van der Waals surface area contributed by atoms with Gasteiger partial charge in [-0.2, -0.15) is 0 Å². The van der Waals surface area contributed by atoms with Gasteiger partial charge in [-0.25, -0.2) is 0 Å². The molecule has 0 radical (unpaired) electrons. The lowest BCUT2D eigenvalue weighted by Gasteiger charge is -2.47. The summed E-state index contributed by atoms with van der Waals surface area (Å²) in [7, 11) is -17.6. The Bertz CT molecular complexity index is 682. The highest BCUT2D eigenvalue weighted by Gasteiger charge is 2.56. The third-order valence-corrected chi connectivity index (χ3v) is 32.5. The Morgan fingerprint density at radius 2 is 0.763 bits per heavy atom. The van der Waals surface area contributed by atoms with Crippen LogP contribution in [-0.2, 0) is 24.7 Å². The van der Waals surface area contributed by atoms with E-state index in [-0.39, 0.29) is 0 Å². The van der Waals surface area contributed by atoms with E-state index in [2.05, 4.69) is 98.3 Å². The summed E-state index contributed by atoms with van der Waals surface area (Å²) in [5.41, 5.74) is 0. The van der Waals surface area contributed by atoms with Gasteiger partial charge in [0.05, 0.1) is 0 Å². The first kappa shape index (κ1) is 38.8. The van der Waals surface area contributed by atoms with Crippen molar-refractivity contribution in [3.63, 3.8) is 0 Å². The van der Waals surface area contributed by atoms with Crippen molar-refractivity contribution in [2.75, 3.05) is 5.88 Å². The minimum absolute atomic E-state index is 0.490. The third-order valence-electron chi connectivity index (χ3n) is 5.29. The second-order valence-electron chi connectivity index (χ2n) is 13.0. The van der Waals surface area contributed by atoms with Gasteiger partial charge < -0.3 is 24.7 Å². The Labute approximate surface area is 247 Å². The zero-order valence-corrected chi connectivity index (χ0v) is 34.2. The van der Waals surface area contributed by atoms with Crippen molar-refractivity contribution in [2.24, 2.45) is 0 Å². The number of rotatable bonds is 21. The molecule has 0 aliphatic carbocycles. The van der Waals surface area contributed by atoms with Crippen molar-refractivity contribution in [1.82, 2.24) is 0 Å². The largest absolute Gasteiger partial charge is 0.474 e. The van der Waals surface area contributed by atoms with Crippen LogP contribution >= 0.6 is 11.6 Å². The average molecular weight is 674 g/mol. The molecule has 0 saturated heterocycles. The molecular formula is C24H57ClO6Si7. The second-order valence-corrected chi connectivity index (χ2v) is 40.4. The summed E-state index contributed by atoms with van der Waals surface area (Å²) in [4.78, 5) is 0. The summed E-state index contributed by atoms with van der Waals surface area (Å²) >= 11 is 6.25. The Kier molecular flexibility index (Phi) is 15.6. The molecule has 0 rings (SSSR count). The zero-order chi connectivity index (χ0) is 30.1. The van der Waals surface area contributed by atoms with Crippen LogP contribution in [0.5, 0.6) is 0 Å². The fourth-order valence-corrected chi connectivity index (χ4v) is 38.3. The van der Waals surface area contributed by atoms with Crippen LogP contribution in [0.25, 0.3) is 0 Å². The van der Waals surface area contributed by atoms with Crippen LogP contribution in [0.1, 0.15) is 6.42 Å². The molecule has 0 fully saturated rings. The maximum Gasteiger partial charge on any atom is 0.474 e. The van der Waals surface area contributed by atoms with Crippen molar-refractivity contribution < 1.29 is 24.7 Å². The molecular weight excluding hydrogens is 616 g/mol. The molecule has 0 atom stereocenters. The van der Waals surface area contributed by atoms with Crippen molar-refractivity contribution in [1.29, 1.82) is 0 Å². The summed E-state index contributed by atoms with van der Waals surface area (Å²) in [5, 5.41) is 0. The van der Waals surface area contributed by atoms with Crippen molar-refractivity contribution in [3.05, 3.63) is 38.0 Å². The van der Waals surface area contributed by atoms with Crippen LogP contribution in [0.15, 0.2) is 38.0 Å². The summed E-state index contributed by atoms with van der Waals surface area (Å²) in [6.45, 7) is 37.6. The summed E-state index contributed by atoms with van der Waals surface area (Å²) < 4.78 is 41.6. The highest BCUT2D eigenvalue weighted by atomic mass is 35.5. The molecule has 38 heavy (non-hydrogen) atoms. The zero-order valence-electron chi connectivity index (χ0n) is 26.4. The Balaban J connectivity index is 6.61. The first-order valence-corrected chi connectivity index (χ1v) is 33.8. The lowest BCUT2D eigenvalue weighted by Crippen LogP contribution is -2.66. The molecule has 0 N–H and O–H groups in total. The van der Waals surface area contributed by atoms with Gasteiger partial charge >= 0.3 is 34.5 Å². The van der Waals surface area contributed by atoms with Gasteiger partial charge in [0.1, 0.15) is 0 Å². The van der Waals surface area contributed by atoms with Crippen LogP contribution < -0.4 is 0 Å². The van der Waals surface area contributed by atoms with E-state index in [1.54, 1.807) is 0 Å². The molecule has 0 bridgehead atoms. The maximum atomic E-state index is 7.08. The first-order valence-electron chi connectivity index (χ1n) is 13.6.